The second kappa shape index (κ2) is 11.1. The van der Waals surface area contributed by atoms with Crippen LogP contribution in [0.25, 0.3) is 11.1 Å². The van der Waals surface area contributed by atoms with Crippen LogP contribution >= 0.6 is 24.0 Å². The van der Waals surface area contributed by atoms with Crippen molar-refractivity contribution in [3.05, 3.63) is 94.3 Å². The molecule has 0 fully saturated rings. The number of hydrogen-bond donors (Lipinski definition) is 3. The minimum absolute atomic E-state index is 0. The van der Waals surface area contributed by atoms with Gasteiger partial charge in [0.25, 0.3) is 0 Å². The molecule has 3 N–H and O–H groups in total. The van der Waals surface area contributed by atoms with Crippen molar-refractivity contribution >= 4 is 30.0 Å². The molecule has 3 rings (SSSR count). The minimum atomic E-state index is -1.15. The van der Waals surface area contributed by atoms with Crippen molar-refractivity contribution in [2.45, 2.75) is 12.5 Å². The number of aliphatic hydroxyl groups is 1. The summed E-state index contributed by atoms with van der Waals surface area (Å²) in [6, 6.07) is 18.5. The van der Waals surface area contributed by atoms with Gasteiger partial charge in [-0.1, -0.05) is 54.1 Å². The number of hydrogen-bond acceptors (Lipinski definition) is 3. The van der Waals surface area contributed by atoms with Crippen molar-refractivity contribution in [2.75, 3.05) is 13.1 Å². The average Bonchev–Trinajstić information content (AvgIpc) is 2.71. The highest BCUT2D eigenvalue weighted by molar-refractivity contribution is 6.30. The van der Waals surface area contributed by atoms with E-state index in [0.29, 0.717) is 29.2 Å². The van der Waals surface area contributed by atoms with E-state index in [1.165, 1.54) is 12.1 Å². The molecule has 3 aromatic carbocycles. The first-order valence-electron chi connectivity index (χ1n) is 9.20. The number of carboxylic acid groups (broad SMARTS) is 1. The van der Waals surface area contributed by atoms with Crippen LogP contribution in [0.5, 0.6) is 0 Å². The van der Waals surface area contributed by atoms with Gasteiger partial charge >= 0.3 is 5.97 Å². The summed E-state index contributed by atoms with van der Waals surface area (Å²) in [5, 5.41) is 22.9. The summed E-state index contributed by atoms with van der Waals surface area (Å²) in [7, 11) is 0. The van der Waals surface area contributed by atoms with Crippen LogP contribution in [0, 0.1) is 5.82 Å². The topological polar surface area (TPSA) is 69.6 Å². The fourth-order valence-electron chi connectivity index (χ4n) is 3.04. The average molecular weight is 450 g/mol. The molecule has 0 bridgehead atoms. The molecule has 30 heavy (non-hydrogen) atoms. The van der Waals surface area contributed by atoms with Crippen LogP contribution in [0.4, 0.5) is 4.39 Å². The Morgan fingerprint density at radius 2 is 1.80 bits per heavy atom. The molecule has 3 aromatic rings. The Hall–Kier alpha value is -2.44. The number of aromatic carboxylic acids is 1. The van der Waals surface area contributed by atoms with Crippen molar-refractivity contribution in [3.8, 4) is 11.1 Å². The maximum Gasteiger partial charge on any atom is 0.335 e. The molecular weight excluding hydrogens is 428 g/mol. The van der Waals surface area contributed by atoms with Crippen molar-refractivity contribution in [1.82, 2.24) is 5.32 Å². The Morgan fingerprint density at radius 1 is 1.07 bits per heavy atom. The molecular formula is C23H22Cl2FNO3. The second-order valence-electron chi connectivity index (χ2n) is 6.72. The Morgan fingerprint density at radius 3 is 2.43 bits per heavy atom. The zero-order chi connectivity index (χ0) is 20.8. The lowest BCUT2D eigenvalue weighted by molar-refractivity contribution is 0.0696. The monoisotopic (exact) mass is 449 g/mol. The molecule has 0 aromatic heterocycles. The normalized spacial score (nSPS) is 11.6. The summed E-state index contributed by atoms with van der Waals surface area (Å²) in [5.41, 5.74) is 2.82. The number of halogens is 3. The van der Waals surface area contributed by atoms with Gasteiger partial charge in [-0.25, -0.2) is 9.18 Å². The molecule has 4 nitrogen and oxygen atoms in total. The van der Waals surface area contributed by atoms with Gasteiger partial charge in [0.15, 0.2) is 0 Å². The number of carbonyl (C=O) groups is 1. The van der Waals surface area contributed by atoms with Gasteiger partial charge in [-0.15, -0.1) is 12.4 Å². The molecule has 0 aliphatic rings. The Kier molecular flexibility index (Phi) is 8.81. The molecule has 0 unspecified atom stereocenters. The molecule has 0 aliphatic carbocycles. The van der Waals surface area contributed by atoms with Crippen LogP contribution < -0.4 is 5.32 Å². The third kappa shape index (κ3) is 6.28. The smallest absolute Gasteiger partial charge is 0.335 e. The first-order chi connectivity index (χ1) is 13.9. The quantitative estimate of drug-likeness (QED) is 0.416. The van der Waals surface area contributed by atoms with E-state index < -0.39 is 17.9 Å². The van der Waals surface area contributed by atoms with Gasteiger partial charge in [-0.3, -0.25) is 0 Å². The molecule has 158 valence electrons. The van der Waals surface area contributed by atoms with E-state index in [4.69, 9.17) is 16.7 Å². The fraction of sp³-hybridized carbons (Fsp3) is 0.174. The van der Waals surface area contributed by atoms with Crippen molar-refractivity contribution in [1.29, 1.82) is 0 Å². The van der Waals surface area contributed by atoms with Crippen LogP contribution in [-0.4, -0.2) is 29.3 Å². The molecule has 1 atom stereocenters. The van der Waals surface area contributed by atoms with Crippen LogP contribution in [0.2, 0.25) is 5.02 Å². The van der Waals surface area contributed by atoms with Gasteiger partial charge in [-0.2, -0.15) is 0 Å². The lowest BCUT2D eigenvalue weighted by Crippen LogP contribution is -2.23. The highest BCUT2D eigenvalue weighted by Crippen LogP contribution is 2.24. The second-order valence-corrected chi connectivity index (χ2v) is 7.16. The van der Waals surface area contributed by atoms with Crippen LogP contribution in [0.3, 0.4) is 0 Å². The number of benzene rings is 3. The van der Waals surface area contributed by atoms with Gasteiger partial charge in [0.2, 0.25) is 0 Å². The summed E-state index contributed by atoms with van der Waals surface area (Å²) in [4.78, 5) is 10.9. The van der Waals surface area contributed by atoms with Crippen LogP contribution in [0.15, 0.2) is 66.7 Å². The SMILES string of the molecule is Cl.O=C(O)c1ccc(-c2ccc(CCNC[C@H](O)c3cccc(Cl)c3)cc2)c(F)c1. The lowest BCUT2D eigenvalue weighted by atomic mass is 10.0. The van der Waals surface area contributed by atoms with E-state index in [1.807, 2.05) is 30.3 Å². The largest absolute Gasteiger partial charge is 0.478 e. The third-order valence-electron chi connectivity index (χ3n) is 4.64. The summed E-state index contributed by atoms with van der Waals surface area (Å²) in [6.07, 6.45) is 0.121. The van der Waals surface area contributed by atoms with E-state index in [0.717, 1.165) is 23.6 Å². The highest BCUT2D eigenvalue weighted by Gasteiger charge is 2.10. The fourth-order valence-corrected chi connectivity index (χ4v) is 3.24. The summed E-state index contributed by atoms with van der Waals surface area (Å²) < 4.78 is 14.2. The van der Waals surface area contributed by atoms with Gasteiger partial charge in [0.1, 0.15) is 5.82 Å². The van der Waals surface area contributed by atoms with Crippen LogP contribution in [-0.2, 0) is 6.42 Å². The summed E-state index contributed by atoms with van der Waals surface area (Å²) >= 11 is 5.94. The first-order valence-corrected chi connectivity index (χ1v) is 9.58. The molecule has 0 saturated heterocycles. The molecule has 0 amide bonds. The zero-order valence-electron chi connectivity index (χ0n) is 16.0. The molecule has 0 saturated carbocycles. The molecule has 0 heterocycles. The van der Waals surface area contributed by atoms with Gasteiger partial charge in [-0.05, 0) is 53.9 Å². The van der Waals surface area contributed by atoms with Gasteiger partial charge in [0, 0.05) is 17.1 Å². The molecule has 7 heteroatoms. The Balaban J connectivity index is 0.00000320. The van der Waals surface area contributed by atoms with E-state index in [2.05, 4.69) is 5.32 Å². The van der Waals surface area contributed by atoms with Crippen molar-refractivity contribution < 1.29 is 19.4 Å². The maximum absolute atomic E-state index is 14.2. The minimum Gasteiger partial charge on any atom is -0.478 e. The highest BCUT2D eigenvalue weighted by atomic mass is 35.5. The summed E-state index contributed by atoms with van der Waals surface area (Å²) in [6.45, 7) is 1.10. The lowest BCUT2D eigenvalue weighted by Gasteiger charge is -2.13. The molecule has 0 spiro atoms. The summed E-state index contributed by atoms with van der Waals surface area (Å²) in [5.74, 6) is -1.71. The first kappa shape index (κ1) is 23.8. The molecule has 0 radical (unpaired) electrons. The predicted octanol–water partition coefficient (Wildman–Crippen LogP) is 5.13. The van der Waals surface area contributed by atoms with E-state index in [9.17, 15) is 14.3 Å². The van der Waals surface area contributed by atoms with Gasteiger partial charge < -0.3 is 15.5 Å². The standard InChI is InChI=1S/C23H21ClFNO3.ClH/c24-19-3-1-2-17(12-19)22(27)14-26-11-10-15-4-6-16(7-5-15)20-9-8-18(23(28)29)13-21(20)25;/h1-9,12-13,22,26-27H,10-11,14H2,(H,28,29);1H/t22-;/m0./s1. The van der Waals surface area contributed by atoms with Crippen LogP contribution in [0.1, 0.15) is 27.6 Å². The number of aliphatic hydroxyl groups excluding tert-OH is 1. The Bertz CT molecular complexity index is 996. The van der Waals surface area contributed by atoms with Gasteiger partial charge in [0.05, 0.1) is 11.7 Å². The van der Waals surface area contributed by atoms with Crippen molar-refractivity contribution in [2.24, 2.45) is 0 Å². The zero-order valence-corrected chi connectivity index (χ0v) is 17.6. The van der Waals surface area contributed by atoms with E-state index in [-0.39, 0.29) is 18.0 Å². The van der Waals surface area contributed by atoms with E-state index in [1.54, 1.807) is 18.2 Å². The Labute approximate surface area is 185 Å². The number of nitrogens with one attached hydrogen (secondary N) is 1. The van der Waals surface area contributed by atoms with Crippen molar-refractivity contribution in [3.63, 3.8) is 0 Å². The third-order valence-corrected chi connectivity index (χ3v) is 4.88. The maximum atomic E-state index is 14.2. The molecule has 0 aliphatic heterocycles. The van der Waals surface area contributed by atoms with E-state index >= 15 is 0 Å². The number of carboxylic acids is 1. The predicted molar refractivity (Wildman–Crippen MR) is 119 cm³/mol. The number of rotatable bonds is 8.